The van der Waals surface area contributed by atoms with Crippen molar-refractivity contribution in [1.82, 2.24) is 0 Å². The Hall–Kier alpha value is -2.37. The number of rotatable bonds is 3. The Kier molecular flexibility index (Phi) is 3.57. The number of hydrogen-bond donors (Lipinski definition) is 2. The molecule has 2 N–H and O–H groups in total. The summed E-state index contributed by atoms with van der Waals surface area (Å²) in [6.45, 7) is 0. The van der Waals surface area contributed by atoms with E-state index in [1.165, 1.54) is 24.4 Å². The minimum Gasteiger partial charge on any atom is -0.872 e. The number of hydrogen-bond acceptors (Lipinski definition) is 5. The molecule has 0 fully saturated rings. The van der Waals surface area contributed by atoms with Gasteiger partial charge in [0.2, 0.25) is 0 Å². The molecule has 2 aromatic carbocycles. The van der Waals surface area contributed by atoms with Gasteiger partial charge in [0.05, 0.1) is 11.4 Å². The molecule has 0 atom stereocenters. The van der Waals surface area contributed by atoms with Crippen molar-refractivity contribution in [3.63, 3.8) is 0 Å². The van der Waals surface area contributed by atoms with Crippen molar-refractivity contribution in [2.45, 2.75) is 0 Å². The fourth-order valence-electron chi connectivity index (χ4n) is 1.40. The Morgan fingerprint density at radius 3 is 2.28 bits per heavy atom. The lowest BCUT2D eigenvalue weighted by Crippen LogP contribution is -2.10. The van der Waals surface area contributed by atoms with Crippen molar-refractivity contribution in [3.05, 3.63) is 54.1 Å². The van der Waals surface area contributed by atoms with Gasteiger partial charge in [0, 0.05) is 6.21 Å². The molecule has 0 saturated heterocycles. The number of anilines is 1. The Morgan fingerprint density at radius 1 is 1.00 bits per heavy atom. The summed E-state index contributed by atoms with van der Waals surface area (Å²) in [6, 6.07) is 12.8. The second-order valence-electron chi connectivity index (χ2n) is 3.60. The van der Waals surface area contributed by atoms with Crippen molar-refractivity contribution in [3.8, 4) is 5.75 Å². The molecule has 92 valence electrons. The molecule has 0 bridgehead atoms. The van der Waals surface area contributed by atoms with Gasteiger partial charge in [0.15, 0.2) is 0 Å². The third kappa shape index (κ3) is 2.85. The summed E-state index contributed by atoms with van der Waals surface area (Å²) in [5, 5.41) is 29.0. The van der Waals surface area contributed by atoms with E-state index in [2.05, 4.69) is 4.99 Å². The van der Waals surface area contributed by atoms with E-state index in [9.17, 15) is 5.11 Å². The van der Waals surface area contributed by atoms with Gasteiger partial charge in [0.1, 0.15) is 0 Å². The average molecular weight is 243 g/mol. The van der Waals surface area contributed by atoms with Gasteiger partial charge in [-0.05, 0) is 29.8 Å². The van der Waals surface area contributed by atoms with Gasteiger partial charge in [0.25, 0.3) is 0 Å². The lowest BCUT2D eigenvalue weighted by Gasteiger charge is -2.08. The molecule has 18 heavy (non-hydrogen) atoms. The van der Waals surface area contributed by atoms with E-state index in [1.807, 2.05) is 0 Å². The molecule has 0 radical (unpaired) electrons. The van der Waals surface area contributed by atoms with E-state index in [4.69, 9.17) is 10.4 Å². The van der Waals surface area contributed by atoms with Gasteiger partial charge in [-0.25, -0.2) is 0 Å². The van der Waals surface area contributed by atoms with Crippen LogP contribution in [-0.4, -0.2) is 16.6 Å². The molecule has 2 aromatic rings. The minimum atomic E-state index is -0.0882. The fraction of sp³-hybridized carbons (Fsp3) is 0. The van der Waals surface area contributed by atoms with Crippen molar-refractivity contribution in [2.24, 2.45) is 4.99 Å². The van der Waals surface area contributed by atoms with E-state index in [1.54, 1.807) is 30.3 Å². The van der Waals surface area contributed by atoms with E-state index < -0.39 is 0 Å². The van der Waals surface area contributed by atoms with Crippen LogP contribution in [0.15, 0.2) is 53.5 Å². The highest BCUT2D eigenvalue weighted by Crippen LogP contribution is 2.18. The molecule has 0 amide bonds. The first-order chi connectivity index (χ1) is 8.66. The summed E-state index contributed by atoms with van der Waals surface area (Å²) < 4.78 is 0. The fourth-order valence-corrected chi connectivity index (χ4v) is 1.40. The first-order valence-electron chi connectivity index (χ1n) is 5.25. The number of aliphatic imine (C=N–C) groups is 1. The number of benzene rings is 2. The van der Waals surface area contributed by atoms with Crippen LogP contribution in [0.5, 0.6) is 5.75 Å². The van der Waals surface area contributed by atoms with Crippen molar-refractivity contribution < 1.29 is 15.5 Å². The Morgan fingerprint density at radius 2 is 1.67 bits per heavy atom. The van der Waals surface area contributed by atoms with Crippen LogP contribution in [0.4, 0.5) is 11.4 Å². The van der Waals surface area contributed by atoms with Gasteiger partial charge >= 0.3 is 0 Å². The topological polar surface area (TPSA) is 79.1 Å². The molecule has 0 aromatic heterocycles. The zero-order chi connectivity index (χ0) is 13.0. The molecule has 0 aliphatic heterocycles. The van der Waals surface area contributed by atoms with Crippen molar-refractivity contribution in [1.29, 1.82) is 0 Å². The van der Waals surface area contributed by atoms with Gasteiger partial charge in [-0.1, -0.05) is 24.3 Å². The summed E-state index contributed by atoms with van der Waals surface area (Å²) >= 11 is 0. The van der Waals surface area contributed by atoms with E-state index >= 15 is 0 Å². The smallest absolute Gasteiger partial charge is 0.0944 e. The van der Waals surface area contributed by atoms with Gasteiger partial charge in [-0.2, -0.15) is 0 Å². The normalized spacial score (nSPS) is 10.8. The number of para-hydroxylation sites is 1. The molecule has 2 rings (SSSR count). The first-order valence-corrected chi connectivity index (χ1v) is 5.25. The van der Waals surface area contributed by atoms with Gasteiger partial charge in [-0.3, -0.25) is 15.4 Å². The van der Waals surface area contributed by atoms with E-state index in [-0.39, 0.29) is 16.7 Å². The molecule has 0 heterocycles. The second-order valence-corrected chi connectivity index (χ2v) is 3.60. The summed E-state index contributed by atoms with van der Waals surface area (Å²) in [5.41, 5.74) is 1.36. The van der Waals surface area contributed by atoms with E-state index in [0.29, 0.717) is 11.3 Å². The highest BCUT2D eigenvalue weighted by Gasteiger charge is 1.97. The van der Waals surface area contributed by atoms with Gasteiger partial charge < -0.3 is 5.11 Å². The van der Waals surface area contributed by atoms with Crippen LogP contribution in [0.2, 0.25) is 0 Å². The standard InChI is InChI=1S/C13H12N2O3/c16-13-4-2-1-3-10(13)9-14-11-5-7-12(8-6-11)15(17)18/h1-9,16-18H/p-1. The third-order valence-corrected chi connectivity index (χ3v) is 2.35. The molecule has 5 nitrogen and oxygen atoms in total. The minimum absolute atomic E-state index is 0.0282. The van der Waals surface area contributed by atoms with Crippen LogP contribution in [0, 0.1) is 0 Å². The molecule has 0 spiro atoms. The predicted molar refractivity (Wildman–Crippen MR) is 65.6 cm³/mol. The quantitative estimate of drug-likeness (QED) is 0.639. The second kappa shape index (κ2) is 5.31. The maximum absolute atomic E-state index is 11.4. The third-order valence-electron chi connectivity index (χ3n) is 2.35. The summed E-state index contributed by atoms with van der Waals surface area (Å²) in [6.07, 6.45) is 1.48. The molecule has 0 unspecified atom stereocenters. The monoisotopic (exact) mass is 243 g/mol. The van der Waals surface area contributed by atoms with E-state index in [0.717, 1.165) is 0 Å². The SMILES string of the molecule is [O-]c1ccccc1C=Nc1ccc(N(O)O)cc1. The summed E-state index contributed by atoms with van der Waals surface area (Å²) in [5.74, 6) is -0.0882. The highest BCUT2D eigenvalue weighted by molar-refractivity contribution is 5.85. The Balaban J connectivity index is 2.17. The predicted octanol–water partition coefficient (Wildman–Crippen LogP) is 2.10. The van der Waals surface area contributed by atoms with Crippen LogP contribution >= 0.6 is 0 Å². The zero-order valence-electron chi connectivity index (χ0n) is 9.39. The van der Waals surface area contributed by atoms with Crippen LogP contribution in [0.1, 0.15) is 5.56 Å². The van der Waals surface area contributed by atoms with Crippen LogP contribution in [0.25, 0.3) is 0 Å². The molecular formula is C13H11N2O3-. The molecule has 0 aliphatic rings. The van der Waals surface area contributed by atoms with Crippen LogP contribution in [-0.2, 0) is 0 Å². The summed E-state index contributed by atoms with van der Waals surface area (Å²) in [4.78, 5) is 4.13. The Labute approximate surface area is 104 Å². The largest absolute Gasteiger partial charge is 0.872 e. The maximum atomic E-state index is 11.4. The summed E-state index contributed by atoms with van der Waals surface area (Å²) in [7, 11) is 0. The molecule has 0 saturated carbocycles. The maximum Gasteiger partial charge on any atom is 0.0944 e. The lowest BCUT2D eigenvalue weighted by atomic mass is 10.2. The van der Waals surface area contributed by atoms with Gasteiger partial charge in [-0.15, -0.1) is 11.0 Å². The molecular weight excluding hydrogens is 232 g/mol. The first kappa shape index (κ1) is 12.1. The van der Waals surface area contributed by atoms with Crippen molar-refractivity contribution in [2.75, 3.05) is 5.23 Å². The van der Waals surface area contributed by atoms with Crippen LogP contribution in [0.3, 0.4) is 0 Å². The zero-order valence-corrected chi connectivity index (χ0v) is 9.39. The molecule has 0 aliphatic carbocycles. The van der Waals surface area contributed by atoms with Crippen LogP contribution < -0.4 is 10.3 Å². The van der Waals surface area contributed by atoms with Crippen molar-refractivity contribution >= 4 is 17.6 Å². The highest BCUT2D eigenvalue weighted by atomic mass is 16.8. The lowest BCUT2D eigenvalue weighted by molar-refractivity contribution is -0.268. The number of nitrogens with zero attached hydrogens (tertiary/aromatic N) is 2. The molecule has 5 heteroatoms. The average Bonchev–Trinajstić information content (AvgIpc) is 2.38. The Bertz CT molecular complexity index is 550.